The van der Waals surface area contributed by atoms with Crippen LogP contribution in [0.3, 0.4) is 0 Å². The van der Waals surface area contributed by atoms with Crippen LogP contribution in [0.25, 0.3) is 0 Å². The summed E-state index contributed by atoms with van der Waals surface area (Å²) in [6.45, 7) is 6.65. The Kier molecular flexibility index (Phi) is 5.70. The molecule has 25 heavy (non-hydrogen) atoms. The van der Waals surface area contributed by atoms with Crippen LogP contribution in [0.5, 0.6) is 0 Å². The number of allylic oxidation sites excluding steroid dienone is 1. The van der Waals surface area contributed by atoms with Gasteiger partial charge in [0.25, 0.3) is 0 Å². The number of hydrogen-bond donors (Lipinski definition) is 1. The Hall–Kier alpha value is -1.93. The number of nitrogens with one attached hydrogen (secondary N) is 1. The molecule has 0 saturated carbocycles. The first-order valence-corrected chi connectivity index (χ1v) is 9.29. The monoisotopic (exact) mass is 337 g/mol. The second kappa shape index (κ2) is 7.97. The van der Waals surface area contributed by atoms with Crippen LogP contribution in [0.2, 0.25) is 0 Å². The molecule has 1 aliphatic heterocycles. The van der Waals surface area contributed by atoms with Gasteiger partial charge in [-0.25, -0.2) is 4.39 Å². The van der Waals surface area contributed by atoms with Crippen LogP contribution in [0.4, 0.5) is 4.39 Å². The molecule has 0 aliphatic carbocycles. The van der Waals surface area contributed by atoms with Gasteiger partial charge in [-0.05, 0) is 54.4 Å². The highest BCUT2D eigenvalue weighted by molar-refractivity contribution is 5.28. The predicted molar refractivity (Wildman–Crippen MR) is 103 cm³/mol. The quantitative estimate of drug-likeness (QED) is 0.689. The van der Waals surface area contributed by atoms with Crippen molar-refractivity contribution >= 4 is 0 Å². The largest absolute Gasteiger partial charge is 0.306 e. The van der Waals surface area contributed by atoms with Gasteiger partial charge in [-0.15, -0.1) is 0 Å². The van der Waals surface area contributed by atoms with Gasteiger partial charge >= 0.3 is 0 Å². The van der Waals surface area contributed by atoms with E-state index >= 15 is 0 Å². The molecule has 2 aromatic carbocycles. The van der Waals surface area contributed by atoms with Gasteiger partial charge in [0, 0.05) is 12.1 Å². The highest BCUT2D eigenvalue weighted by Gasteiger charge is 2.38. The minimum absolute atomic E-state index is 0.166. The molecule has 1 heterocycles. The molecule has 1 N–H and O–H groups in total. The van der Waals surface area contributed by atoms with Crippen LogP contribution in [0.15, 0.2) is 66.7 Å². The van der Waals surface area contributed by atoms with Crippen LogP contribution < -0.4 is 5.32 Å². The highest BCUT2D eigenvalue weighted by Crippen LogP contribution is 2.43. The lowest BCUT2D eigenvalue weighted by molar-refractivity contribution is 0.192. The summed E-state index contributed by atoms with van der Waals surface area (Å²) in [5.74, 6) is 1.15. The maximum Gasteiger partial charge on any atom is 0.123 e. The first-order valence-electron chi connectivity index (χ1n) is 9.29. The Bertz CT molecular complexity index is 690. The summed E-state index contributed by atoms with van der Waals surface area (Å²) in [4.78, 5) is 0. The van der Waals surface area contributed by atoms with Crippen molar-refractivity contribution in [2.75, 3.05) is 0 Å². The average molecular weight is 337 g/mol. The molecule has 1 nitrogen and oxygen atoms in total. The molecule has 2 heteroatoms. The van der Waals surface area contributed by atoms with Crippen LogP contribution in [-0.2, 0) is 0 Å². The molecule has 1 aliphatic rings. The van der Waals surface area contributed by atoms with Crippen molar-refractivity contribution in [2.45, 2.75) is 45.2 Å². The number of hydrogen-bond acceptors (Lipinski definition) is 1. The van der Waals surface area contributed by atoms with Crippen LogP contribution in [0, 0.1) is 17.7 Å². The number of halogens is 1. The van der Waals surface area contributed by atoms with Gasteiger partial charge in [-0.2, -0.15) is 0 Å². The van der Waals surface area contributed by atoms with Gasteiger partial charge in [0.2, 0.25) is 0 Å². The summed E-state index contributed by atoms with van der Waals surface area (Å²) >= 11 is 0. The normalized spacial score (nSPS) is 27.1. The van der Waals surface area contributed by atoms with Gasteiger partial charge in [0.15, 0.2) is 0 Å². The molecule has 1 saturated heterocycles. The van der Waals surface area contributed by atoms with Crippen molar-refractivity contribution in [1.82, 2.24) is 5.32 Å². The number of rotatable bonds is 4. The molecule has 0 aromatic heterocycles. The molecular weight excluding hydrogens is 309 g/mol. The second-order valence-electron chi connectivity index (χ2n) is 7.40. The minimum atomic E-state index is -0.166. The van der Waals surface area contributed by atoms with E-state index in [0.29, 0.717) is 29.8 Å². The first-order chi connectivity index (χ1) is 12.1. The number of benzene rings is 2. The van der Waals surface area contributed by atoms with Gasteiger partial charge in [0.1, 0.15) is 5.82 Å². The van der Waals surface area contributed by atoms with Crippen molar-refractivity contribution in [3.05, 3.63) is 83.7 Å². The summed E-state index contributed by atoms with van der Waals surface area (Å²) < 4.78 is 13.4. The third kappa shape index (κ3) is 4.01. The van der Waals surface area contributed by atoms with E-state index in [-0.39, 0.29) is 5.82 Å². The SMILES string of the molecule is C/C=C/C1C(c2ccc(F)cc2)CC(c2ccccc2)NC1C(C)C. The summed E-state index contributed by atoms with van der Waals surface area (Å²) in [6.07, 6.45) is 5.50. The van der Waals surface area contributed by atoms with E-state index in [1.54, 1.807) is 12.1 Å². The average Bonchev–Trinajstić information content (AvgIpc) is 2.63. The topological polar surface area (TPSA) is 12.0 Å². The van der Waals surface area contributed by atoms with Gasteiger partial charge in [-0.1, -0.05) is 68.5 Å². The standard InChI is InChI=1S/C23H28FN/c1-4-8-20-21(17-11-13-19(24)14-12-17)15-22(25-23(20)16(2)3)18-9-6-5-7-10-18/h4-14,16,20-23,25H,15H2,1-3H3/b8-4+. The Morgan fingerprint density at radius 2 is 1.68 bits per heavy atom. The lowest BCUT2D eigenvalue weighted by atomic mass is 9.70. The fourth-order valence-corrected chi connectivity index (χ4v) is 4.17. The molecule has 3 rings (SSSR count). The minimum Gasteiger partial charge on any atom is -0.306 e. The fraction of sp³-hybridized carbons (Fsp3) is 0.391. The third-order valence-electron chi connectivity index (χ3n) is 5.40. The molecule has 2 aromatic rings. The highest BCUT2D eigenvalue weighted by atomic mass is 19.1. The Morgan fingerprint density at radius 3 is 2.28 bits per heavy atom. The zero-order valence-corrected chi connectivity index (χ0v) is 15.3. The molecule has 0 radical (unpaired) electrons. The Labute approximate surface area is 151 Å². The molecule has 0 spiro atoms. The van der Waals surface area contributed by atoms with Crippen molar-refractivity contribution in [2.24, 2.45) is 11.8 Å². The van der Waals surface area contributed by atoms with Crippen LogP contribution in [-0.4, -0.2) is 6.04 Å². The van der Waals surface area contributed by atoms with E-state index in [1.807, 2.05) is 12.1 Å². The third-order valence-corrected chi connectivity index (χ3v) is 5.40. The van der Waals surface area contributed by atoms with E-state index in [0.717, 1.165) is 6.42 Å². The summed E-state index contributed by atoms with van der Waals surface area (Å²) in [6, 6.07) is 18.5. The molecule has 0 amide bonds. The van der Waals surface area contributed by atoms with E-state index in [4.69, 9.17) is 0 Å². The van der Waals surface area contributed by atoms with Crippen LogP contribution in [0.1, 0.15) is 50.3 Å². The second-order valence-corrected chi connectivity index (χ2v) is 7.40. The lowest BCUT2D eigenvalue weighted by Gasteiger charge is -2.44. The maximum absolute atomic E-state index is 13.4. The van der Waals surface area contributed by atoms with Crippen molar-refractivity contribution in [1.29, 1.82) is 0 Å². The van der Waals surface area contributed by atoms with Gasteiger partial charge in [0.05, 0.1) is 0 Å². The molecule has 132 valence electrons. The van der Waals surface area contributed by atoms with Crippen molar-refractivity contribution in [3.8, 4) is 0 Å². The smallest absolute Gasteiger partial charge is 0.123 e. The summed E-state index contributed by atoms with van der Waals surface area (Å²) in [5, 5.41) is 3.89. The van der Waals surface area contributed by atoms with Crippen LogP contribution >= 0.6 is 0 Å². The van der Waals surface area contributed by atoms with Gasteiger partial charge in [-0.3, -0.25) is 0 Å². The molecule has 4 unspecified atom stereocenters. The molecular formula is C23H28FN. The maximum atomic E-state index is 13.4. The van der Waals surface area contributed by atoms with E-state index < -0.39 is 0 Å². The van der Waals surface area contributed by atoms with Crippen molar-refractivity contribution < 1.29 is 4.39 Å². The van der Waals surface area contributed by atoms with Crippen molar-refractivity contribution in [3.63, 3.8) is 0 Å². The van der Waals surface area contributed by atoms with E-state index in [9.17, 15) is 4.39 Å². The summed E-state index contributed by atoms with van der Waals surface area (Å²) in [5.41, 5.74) is 2.57. The Morgan fingerprint density at radius 1 is 1.00 bits per heavy atom. The molecule has 1 fully saturated rings. The van der Waals surface area contributed by atoms with Gasteiger partial charge < -0.3 is 5.32 Å². The zero-order chi connectivity index (χ0) is 17.8. The van der Waals surface area contributed by atoms with E-state index in [2.05, 4.69) is 68.6 Å². The zero-order valence-electron chi connectivity index (χ0n) is 15.3. The summed E-state index contributed by atoms with van der Waals surface area (Å²) in [7, 11) is 0. The molecule has 0 bridgehead atoms. The van der Waals surface area contributed by atoms with E-state index in [1.165, 1.54) is 11.1 Å². The fourth-order valence-electron chi connectivity index (χ4n) is 4.17. The first kappa shape index (κ1) is 17.9. The predicted octanol–water partition coefficient (Wildman–Crippen LogP) is 5.86. The Balaban J connectivity index is 1.99. The molecule has 4 atom stereocenters. The lowest BCUT2D eigenvalue weighted by Crippen LogP contribution is -2.49. The number of piperidine rings is 1.